The van der Waals surface area contributed by atoms with Gasteiger partial charge in [0.1, 0.15) is 5.60 Å². The molecule has 0 saturated heterocycles. The third kappa shape index (κ3) is 6.77. The smallest absolute Gasteiger partial charge is 0.308 e. The van der Waals surface area contributed by atoms with Gasteiger partial charge in [-0.15, -0.1) is 0 Å². The van der Waals surface area contributed by atoms with Crippen LogP contribution < -0.4 is 0 Å². The minimum absolute atomic E-state index is 0.225. The number of esters is 1. The van der Waals surface area contributed by atoms with Gasteiger partial charge in [0.05, 0.1) is 19.6 Å². The van der Waals surface area contributed by atoms with Crippen LogP contribution in [0.1, 0.15) is 32.8 Å². The summed E-state index contributed by atoms with van der Waals surface area (Å²) in [6.07, 6.45) is 0.283. The van der Waals surface area contributed by atoms with E-state index in [-0.39, 0.29) is 12.4 Å². The topological polar surface area (TPSA) is 35.5 Å². The van der Waals surface area contributed by atoms with Crippen LogP contribution in [0, 0.1) is 0 Å². The van der Waals surface area contributed by atoms with Crippen LogP contribution >= 0.6 is 15.9 Å². The summed E-state index contributed by atoms with van der Waals surface area (Å²) >= 11 is 3.40. The largest absolute Gasteiger partial charge is 0.460 e. The number of hydrogen-bond acceptors (Lipinski definition) is 3. The number of benzene rings is 1. The molecule has 18 heavy (non-hydrogen) atoms. The molecular formula is C14H19BrO3. The Morgan fingerprint density at radius 1 is 1.33 bits per heavy atom. The lowest BCUT2D eigenvalue weighted by Crippen LogP contribution is -2.24. The summed E-state index contributed by atoms with van der Waals surface area (Å²) in [6, 6.07) is 7.90. The zero-order valence-electron chi connectivity index (χ0n) is 11.0. The van der Waals surface area contributed by atoms with Crippen LogP contribution in [0.2, 0.25) is 0 Å². The summed E-state index contributed by atoms with van der Waals surface area (Å²) in [5.41, 5.74) is 0.648. The first-order valence-electron chi connectivity index (χ1n) is 5.91. The molecule has 4 heteroatoms. The van der Waals surface area contributed by atoms with Crippen LogP contribution in [0.25, 0.3) is 0 Å². The highest BCUT2D eigenvalue weighted by atomic mass is 79.9. The van der Waals surface area contributed by atoms with Gasteiger partial charge in [0, 0.05) is 4.47 Å². The number of carbonyl (C=O) groups excluding carboxylic acids is 1. The molecule has 0 atom stereocenters. The van der Waals surface area contributed by atoms with Crippen molar-refractivity contribution in [3.05, 3.63) is 34.3 Å². The van der Waals surface area contributed by atoms with E-state index in [2.05, 4.69) is 15.9 Å². The summed E-state index contributed by atoms with van der Waals surface area (Å²) in [5.74, 6) is -0.225. The second-order valence-corrected chi connectivity index (χ2v) is 5.93. The summed E-state index contributed by atoms with van der Waals surface area (Å²) in [6.45, 7) is 6.44. The molecule has 0 radical (unpaired) electrons. The number of hydrogen-bond donors (Lipinski definition) is 0. The second kappa shape index (κ2) is 6.90. The molecule has 0 fully saturated rings. The lowest BCUT2D eigenvalue weighted by molar-refractivity contribution is -0.156. The van der Waals surface area contributed by atoms with Crippen molar-refractivity contribution in [2.45, 2.75) is 39.4 Å². The number of carbonyl (C=O) groups is 1. The fourth-order valence-electron chi connectivity index (χ4n) is 1.36. The Bertz CT molecular complexity index is 396. The molecule has 0 amide bonds. The minimum Gasteiger partial charge on any atom is -0.460 e. The first-order valence-corrected chi connectivity index (χ1v) is 6.70. The highest BCUT2D eigenvalue weighted by molar-refractivity contribution is 9.10. The van der Waals surface area contributed by atoms with Gasteiger partial charge >= 0.3 is 5.97 Å². The molecular weight excluding hydrogens is 296 g/mol. The number of rotatable bonds is 5. The number of halogens is 1. The molecule has 0 N–H and O–H groups in total. The molecule has 0 unspecified atom stereocenters. The lowest BCUT2D eigenvalue weighted by Gasteiger charge is -2.19. The summed E-state index contributed by atoms with van der Waals surface area (Å²) in [7, 11) is 0. The molecule has 0 saturated carbocycles. The zero-order valence-corrected chi connectivity index (χ0v) is 12.6. The van der Waals surface area contributed by atoms with Crippen LogP contribution in [0.4, 0.5) is 0 Å². The van der Waals surface area contributed by atoms with E-state index in [0.717, 1.165) is 10.0 Å². The Morgan fingerprint density at radius 3 is 2.67 bits per heavy atom. The third-order valence-corrected chi connectivity index (χ3v) is 2.52. The van der Waals surface area contributed by atoms with Crippen LogP contribution in [0.3, 0.4) is 0 Å². The van der Waals surface area contributed by atoms with Crippen molar-refractivity contribution in [3.63, 3.8) is 0 Å². The Balaban J connectivity index is 2.21. The molecule has 0 heterocycles. The fourth-order valence-corrected chi connectivity index (χ4v) is 1.81. The van der Waals surface area contributed by atoms with E-state index in [4.69, 9.17) is 9.47 Å². The molecule has 1 aromatic carbocycles. The van der Waals surface area contributed by atoms with Crippen molar-refractivity contribution in [2.24, 2.45) is 0 Å². The lowest BCUT2D eigenvalue weighted by atomic mass is 10.2. The van der Waals surface area contributed by atoms with E-state index >= 15 is 0 Å². The van der Waals surface area contributed by atoms with E-state index in [9.17, 15) is 4.79 Å². The number of ether oxygens (including phenoxy) is 2. The Kier molecular flexibility index (Phi) is 5.82. The molecule has 100 valence electrons. The highest BCUT2D eigenvalue weighted by Crippen LogP contribution is 2.12. The summed E-state index contributed by atoms with van der Waals surface area (Å²) in [5, 5.41) is 0. The first-order chi connectivity index (χ1) is 8.37. The van der Waals surface area contributed by atoms with Gasteiger partial charge in [-0.25, -0.2) is 0 Å². The average Bonchev–Trinajstić information content (AvgIpc) is 2.22. The summed E-state index contributed by atoms with van der Waals surface area (Å²) < 4.78 is 11.6. The maximum atomic E-state index is 11.4. The maximum Gasteiger partial charge on any atom is 0.308 e. The molecule has 1 rings (SSSR count). The second-order valence-electron chi connectivity index (χ2n) is 5.02. The average molecular weight is 315 g/mol. The van der Waals surface area contributed by atoms with Gasteiger partial charge in [-0.2, -0.15) is 0 Å². The van der Waals surface area contributed by atoms with E-state index in [0.29, 0.717) is 13.2 Å². The molecule has 0 bridgehead atoms. The first kappa shape index (κ1) is 15.2. The molecule has 3 nitrogen and oxygen atoms in total. The van der Waals surface area contributed by atoms with Gasteiger partial charge in [-0.1, -0.05) is 28.1 Å². The van der Waals surface area contributed by atoms with Crippen molar-refractivity contribution in [2.75, 3.05) is 6.61 Å². The Labute approximate surface area is 117 Å². The van der Waals surface area contributed by atoms with Gasteiger partial charge in [0.15, 0.2) is 0 Å². The SMILES string of the molecule is CC(C)(C)OC(=O)CCOCc1cccc(Br)c1. The van der Waals surface area contributed by atoms with E-state index in [1.807, 2.05) is 45.0 Å². The summed E-state index contributed by atoms with van der Waals surface area (Å²) in [4.78, 5) is 11.4. The van der Waals surface area contributed by atoms with E-state index in [1.165, 1.54) is 0 Å². The molecule has 0 aliphatic carbocycles. The van der Waals surface area contributed by atoms with Gasteiger partial charge in [-0.05, 0) is 38.5 Å². The van der Waals surface area contributed by atoms with Crippen molar-refractivity contribution in [3.8, 4) is 0 Å². The van der Waals surface area contributed by atoms with Crippen molar-refractivity contribution in [1.82, 2.24) is 0 Å². The maximum absolute atomic E-state index is 11.4. The molecule has 0 aliphatic heterocycles. The van der Waals surface area contributed by atoms with E-state index in [1.54, 1.807) is 0 Å². The quantitative estimate of drug-likeness (QED) is 0.614. The molecule has 0 spiro atoms. The van der Waals surface area contributed by atoms with Crippen LogP contribution in [0.15, 0.2) is 28.7 Å². The monoisotopic (exact) mass is 314 g/mol. The minimum atomic E-state index is -0.429. The predicted molar refractivity (Wildman–Crippen MR) is 74.3 cm³/mol. The molecule has 1 aromatic rings. The zero-order chi connectivity index (χ0) is 13.6. The fraction of sp³-hybridized carbons (Fsp3) is 0.500. The van der Waals surface area contributed by atoms with Crippen LogP contribution in [-0.4, -0.2) is 18.2 Å². The Morgan fingerprint density at radius 2 is 2.06 bits per heavy atom. The normalized spacial score (nSPS) is 11.3. The Hall–Kier alpha value is -0.870. The third-order valence-electron chi connectivity index (χ3n) is 2.03. The van der Waals surface area contributed by atoms with Crippen LogP contribution in [-0.2, 0) is 20.9 Å². The van der Waals surface area contributed by atoms with Crippen molar-refractivity contribution >= 4 is 21.9 Å². The van der Waals surface area contributed by atoms with Gasteiger partial charge < -0.3 is 9.47 Å². The highest BCUT2D eigenvalue weighted by Gasteiger charge is 2.15. The molecule has 0 aliphatic rings. The standard InChI is InChI=1S/C14H19BrO3/c1-14(2,3)18-13(16)7-8-17-10-11-5-4-6-12(15)9-11/h4-6,9H,7-8,10H2,1-3H3. The van der Waals surface area contributed by atoms with Gasteiger partial charge in [0.2, 0.25) is 0 Å². The van der Waals surface area contributed by atoms with E-state index < -0.39 is 5.60 Å². The predicted octanol–water partition coefficient (Wildman–Crippen LogP) is 3.70. The van der Waals surface area contributed by atoms with Gasteiger partial charge in [-0.3, -0.25) is 4.79 Å². The van der Waals surface area contributed by atoms with Crippen LogP contribution in [0.5, 0.6) is 0 Å². The molecule has 0 aromatic heterocycles. The van der Waals surface area contributed by atoms with Crippen molar-refractivity contribution in [1.29, 1.82) is 0 Å². The van der Waals surface area contributed by atoms with Gasteiger partial charge in [0.25, 0.3) is 0 Å². The van der Waals surface area contributed by atoms with Crippen molar-refractivity contribution < 1.29 is 14.3 Å².